The van der Waals surface area contributed by atoms with Crippen LogP contribution in [0.25, 0.3) is 0 Å². The van der Waals surface area contributed by atoms with Gasteiger partial charge in [-0.15, -0.1) is 0 Å². The smallest absolute Gasteiger partial charge is 0.315 e. The predicted molar refractivity (Wildman–Crippen MR) is 61.4 cm³/mol. The van der Waals surface area contributed by atoms with Crippen molar-refractivity contribution in [2.75, 3.05) is 6.54 Å². The van der Waals surface area contributed by atoms with Gasteiger partial charge in [0.25, 0.3) is 0 Å². The molecule has 0 unspecified atom stereocenters. The van der Waals surface area contributed by atoms with Crippen molar-refractivity contribution in [3.8, 4) is 0 Å². The van der Waals surface area contributed by atoms with E-state index in [9.17, 15) is 13.6 Å². The third-order valence-corrected chi connectivity index (χ3v) is 2.13. The molecule has 0 saturated heterocycles. The van der Waals surface area contributed by atoms with Crippen molar-refractivity contribution in [3.63, 3.8) is 0 Å². The van der Waals surface area contributed by atoms with Crippen LogP contribution in [0.2, 0.25) is 0 Å². The van der Waals surface area contributed by atoms with Crippen LogP contribution in [0.4, 0.5) is 13.6 Å². The molecule has 0 bridgehead atoms. The molecule has 0 heterocycles. The van der Waals surface area contributed by atoms with E-state index >= 15 is 0 Å². The zero-order chi connectivity index (χ0) is 12.8. The van der Waals surface area contributed by atoms with Gasteiger partial charge < -0.3 is 10.6 Å². The Morgan fingerprint density at radius 1 is 1.29 bits per heavy atom. The number of hydrogen-bond acceptors (Lipinski definition) is 1. The molecule has 1 aromatic carbocycles. The van der Waals surface area contributed by atoms with Gasteiger partial charge in [0.15, 0.2) is 0 Å². The maximum atomic E-state index is 13.2. The summed E-state index contributed by atoms with van der Waals surface area (Å²) in [5.41, 5.74) is 0.256. The van der Waals surface area contributed by atoms with Crippen molar-refractivity contribution in [2.45, 2.75) is 20.4 Å². The van der Waals surface area contributed by atoms with E-state index in [1.165, 1.54) is 6.07 Å². The quantitative estimate of drug-likeness (QED) is 0.836. The number of hydrogen-bond donors (Lipinski definition) is 2. The van der Waals surface area contributed by atoms with Crippen molar-refractivity contribution in [1.29, 1.82) is 0 Å². The van der Waals surface area contributed by atoms with Gasteiger partial charge in [-0.3, -0.25) is 0 Å². The Labute approximate surface area is 99.2 Å². The molecule has 3 nitrogen and oxygen atoms in total. The molecule has 0 aromatic heterocycles. The van der Waals surface area contributed by atoms with Crippen LogP contribution in [0.1, 0.15) is 19.4 Å². The predicted octanol–water partition coefficient (Wildman–Crippen LogP) is 2.42. The summed E-state index contributed by atoms with van der Waals surface area (Å²) >= 11 is 0. The van der Waals surface area contributed by atoms with Crippen molar-refractivity contribution in [2.24, 2.45) is 5.92 Å². The molecule has 2 amide bonds. The molecule has 1 rings (SSSR count). The molecule has 0 saturated carbocycles. The summed E-state index contributed by atoms with van der Waals surface area (Å²) in [6, 6.07) is 2.91. The number of urea groups is 1. The fraction of sp³-hybridized carbons (Fsp3) is 0.417. The lowest BCUT2D eigenvalue weighted by Crippen LogP contribution is -2.37. The van der Waals surface area contributed by atoms with E-state index in [2.05, 4.69) is 10.6 Å². The summed E-state index contributed by atoms with van der Waals surface area (Å²) in [6.07, 6.45) is 0. The number of carbonyl (C=O) groups excluding carboxylic acids is 1. The van der Waals surface area contributed by atoms with Gasteiger partial charge in [0.2, 0.25) is 0 Å². The second kappa shape index (κ2) is 6.18. The summed E-state index contributed by atoms with van der Waals surface area (Å²) in [5.74, 6) is -0.937. The fourth-order valence-electron chi connectivity index (χ4n) is 1.20. The minimum atomic E-state index is -0.658. The minimum absolute atomic E-state index is 0.0377. The van der Waals surface area contributed by atoms with Crippen molar-refractivity contribution in [3.05, 3.63) is 35.4 Å². The molecule has 0 aliphatic heterocycles. The van der Waals surface area contributed by atoms with Gasteiger partial charge in [0.05, 0.1) is 0 Å². The Bertz CT molecular complexity index is 394. The van der Waals surface area contributed by atoms with Crippen LogP contribution in [-0.2, 0) is 6.54 Å². The number of carbonyl (C=O) groups is 1. The third kappa shape index (κ3) is 4.80. The zero-order valence-electron chi connectivity index (χ0n) is 9.89. The molecular formula is C12H16F2N2O. The first kappa shape index (κ1) is 13.4. The largest absolute Gasteiger partial charge is 0.338 e. The summed E-state index contributed by atoms with van der Waals surface area (Å²) in [5, 5.41) is 5.14. The zero-order valence-corrected chi connectivity index (χ0v) is 9.89. The second-order valence-electron chi connectivity index (χ2n) is 4.19. The molecule has 0 aliphatic rings. The SMILES string of the molecule is CC(C)CNC(=O)NCc1ccc(F)cc1F. The van der Waals surface area contributed by atoms with Crippen LogP contribution < -0.4 is 10.6 Å². The fourth-order valence-corrected chi connectivity index (χ4v) is 1.20. The highest BCUT2D eigenvalue weighted by Gasteiger charge is 2.06. The Morgan fingerprint density at radius 3 is 2.59 bits per heavy atom. The number of benzene rings is 1. The molecule has 5 heteroatoms. The summed E-state index contributed by atoms with van der Waals surface area (Å²) in [7, 11) is 0. The first-order valence-electron chi connectivity index (χ1n) is 5.44. The van der Waals surface area contributed by atoms with Crippen molar-refractivity contribution >= 4 is 6.03 Å². The van der Waals surface area contributed by atoms with Crippen LogP contribution in [0.5, 0.6) is 0 Å². The van der Waals surface area contributed by atoms with Crippen LogP contribution in [0.15, 0.2) is 18.2 Å². The highest BCUT2D eigenvalue weighted by atomic mass is 19.1. The van der Waals surface area contributed by atoms with Crippen molar-refractivity contribution < 1.29 is 13.6 Å². The van der Waals surface area contributed by atoms with Crippen molar-refractivity contribution in [1.82, 2.24) is 10.6 Å². The first-order valence-corrected chi connectivity index (χ1v) is 5.44. The number of nitrogens with one attached hydrogen (secondary N) is 2. The van der Waals surface area contributed by atoms with E-state index in [4.69, 9.17) is 0 Å². The molecule has 1 aromatic rings. The van der Waals surface area contributed by atoms with Crippen LogP contribution in [-0.4, -0.2) is 12.6 Å². The lowest BCUT2D eigenvalue weighted by Gasteiger charge is -2.09. The lowest BCUT2D eigenvalue weighted by molar-refractivity contribution is 0.239. The highest BCUT2D eigenvalue weighted by molar-refractivity contribution is 5.73. The average molecular weight is 242 g/mol. The molecule has 0 aliphatic carbocycles. The van der Waals surface area contributed by atoms with E-state index in [1.807, 2.05) is 13.8 Å². The minimum Gasteiger partial charge on any atom is -0.338 e. The monoisotopic (exact) mass is 242 g/mol. The van der Waals surface area contributed by atoms with Gasteiger partial charge in [-0.25, -0.2) is 13.6 Å². The Morgan fingerprint density at radius 2 is 2.00 bits per heavy atom. The molecule has 0 spiro atoms. The van der Waals surface area contributed by atoms with E-state index in [0.29, 0.717) is 12.5 Å². The lowest BCUT2D eigenvalue weighted by atomic mass is 10.2. The average Bonchev–Trinajstić information content (AvgIpc) is 2.25. The topological polar surface area (TPSA) is 41.1 Å². The van der Waals surface area contributed by atoms with Gasteiger partial charge in [-0.1, -0.05) is 19.9 Å². The maximum Gasteiger partial charge on any atom is 0.315 e. The Kier molecular flexibility index (Phi) is 4.87. The van der Waals surface area contributed by atoms with Crippen LogP contribution >= 0.6 is 0 Å². The Balaban J connectivity index is 2.42. The summed E-state index contributed by atoms with van der Waals surface area (Å²) in [6.45, 7) is 4.54. The van der Waals surface area contributed by atoms with E-state index in [-0.39, 0.29) is 18.1 Å². The number of amides is 2. The normalized spacial score (nSPS) is 10.4. The molecule has 0 fully saturated rings. The molecule has 94 valence electrons. The molecule has 17 heavy (non-hydrogen) atoms. The second-order valence-corrected chi connectivity index (χ2v) is 4.19. The van der Waals surface area contributed by atoms with Gasteiger partial charge in [-0.05, 0) is 12.0 Å². The molecule has 0 atom stereocenters. The van der Waals surface area contributed by atoms with Gasteiger partial charge in [0.1, 0.15) is 11.6 Å². The summed E-state index contributed by atoms with van der Waals surface area (Å²) < 4.78 is 25.8. The first-order chi connectivity index (χ1) is 7.99. The number of halogens is 2. The standard InChI is InChI=1S/C12H16F2N2O/c1-8(2)6-15-12(17)16-7-9-3-4-10(13)5-11(9)14/h3-5,8H,6-7H2,1-2H3,(H2,15,16,17). The maximum absolute atomic E-state index is 13.2. The van der Waals surface area contributed by atoms with Crippen LogP contribution in [0, 0.1) is 17.6 Å². The number of rotatable bonds is 4. The van der Waals surface area contributed by atoms with Gasteiger partial charge >= 0.3 is 6.03 Å². The molecule has 2 N–H and O–H groups in total. The van der Waals surface area contributed by atoms with Gasteiger partial charge in [-0.2, -0.15) is 0 Å². The third-order valence-electron chi connectivity index (χ3n) is 2.13. The van der Waals surface area contributed by atoms with E-state index in [0.717, 1.165) is 12.1 Å². The highest BCUT2D eigenvalue weighted by Crippen LogP contribution is 2.08. The van der Waals surface area contributed by atoms with Crippen LogP contribution in [0.3, 0.4) is 0 Å². The van der Waals surface area contributed by atoms with E-state index in [1.54, 1.807) is 0 Å². The van der Waals surface area contributed by atoms with Gasteiger partial charge in [0, 0.05) is 24.7 Å². The molecular weight excluding hydrogens is 226 g/mol. The molecule has 0 radical (unpaired) electrons. The summed E-state index contributed by atoms with van der Waals surface area (Å²) in [4.78, 5) is 11.3. The Hall–Kier alpha value is -1.65. The van der Waals surface area contributed by atoms with E-state index < -0.39 is 11.6 Å².